The van der Waals surface area contributed by atoms with Crippen LogP contribution in [-0.2, 0) is 0 Å². The van der Waals surface area contributed by atoms with Gasteiger partial charge in [0.2, 0.25) is 0 Å². The summed E-state index contributed by atoms with van der Waals surface area (Å²) in [5.41, 5.74) is 2.45. The van der Waals surface area contributed by atoms with Crippen molar-refractivity contribution in [2.24, 2.45) is 0 Å². The van der Waals surface area contributed by atoms with Crippen LogP contribution < -0.4 is 9.64 Å². The first-order chi connectivity index (χ1) is 16.5. The highest BCUT2D eigenvalue weighted by Gasteiger charge is 2.27. The van der Waals surface area contributed by atoms with E-state index in [9.17, 15) is 4.79 Å². The van der Waals surface area contributed by atoms with Crippen LogP contribution in [0.2, 0.25) is 5.02 Å². The number of benzene rings is 3. The van der Waals surface area contributed by atoms with Gasteiger partial charge in [-0.2, -0.15) is 0 Å². The van der Waals surface area contributed by atoms with Crippen LogP contribution >= 0.6 is 22.9 Å². The van der Waals surface area contributed by atoms with Crippen molar-refractivity contribution in [1.29, 1.82) is 0 Å². The summed E-state index contributed by atoms with van der Waals surface area (Å²) in [6, 6.07) is 15.7. The van der Waals surface area contributed by atoms with Gasteiger partial charge in [-0.1, -0.05) is 73.2 Å². The van der Waals surface area contributed by atoms with Crippen molar-refractivity contribution in [3.8, 4) is 5.75 Å². The lowest BCUT2D eigenvalue weighted by Gasteiger charge is -2.26. The number of amides is 1. The average Bonchev–Trinajstić information content (AvgIpc) is 3.30. The monoisotopic (exact) mass is 495 g/mol. The van der Waals surface area contributed by atoms with Crippen LogP contribution in [0, 0.1) is 6.92 Å². The number of thiazole rings is 1. The summed E-state index contributed by atoms with van der Waals surface area (Å²) in [4.78, 5) is 23.2. The van der Waals surface area contributed by atoms with Crippen molar-refractivity contribution in [3.63, 3.8) is 0 Å². The van der Waals surface area contributed by atoms with E-state index in [0.29, 0.717) is 34.6 Å². The molecule has 4 aromatic rings. The molecule has 0 radical (unpaired) electrons. The van der Waals surface area contributed by atoms with E-state index in [2.05, 4.69) is 18.7 Å². The lowest BCUT2D eigenvalue weighted by molar-refractivity contribution is 0.0982. The smallest absolute Gasteiger partial charge is 0.264 e. The molecule has 1 heterocycles. The minimum atomic E-state index is -0.111. The van der Waals surface area contributed by atoms with Gasteiger partial charge in [0.25, 0.3) is 5.91 Å². The number of carbonyl (C=O) groups is 1. The van der Waals surface area contributed by atoms with Crippen molar-refractivity contribution in [2.75, 3.05) is 37.7 Å². The third-order valence-corrected chi connectivity index (χ3v) is 7.64. The van der Waals surface area contributed by atoms with E-state index in [1.165, 1.54) is 11.3 Å². The number of aromatic nitrogens is 1. The van der Waals surface area contributed by atoms with E-state index in [4.69, 9.17) is 21.3 Å². The molecule has 0 aliphatic heterocycles. The number of rotatable bonds is 9. The normalized spacial score (nSPS) is 11.5. The van der Waals surface area contributed by atoms with E-state index >= 15 is 0 Å². The van der Waals surface area contributed by atoms with Crippen LogP contribution in [-0.4, -0.2) is 48.6 Å². The number of carbonyl (C=O) groups excluding carboxylic acids is 1. The largest absolute Gasteiger partial charge is 0.493 e. The second kappa shape index (κ2) is 10.7. The van der Waals surface area contributed by atoms with Gasteiger partial charge in [-0.15, -0.1) is 0 Å². The Labute approximate surface area is 209 Å². The Morgan fingerprint density at radius 2 is 1.79 bits per heavy atom. The van der Waals surface area contributed by atoms with Crippen LogP contribution in [0.1, 0.15) is 36.7 Å². The molecule has 0 aliphatic carbocycles. The van der Waals surface area contributed by atoms with Gasteiger partial charge in [0.15, 0.2) is 5.13 Å². The number of hydrogen-bond donors (Lipinski definition) is 0. The molecule has 0 spiro atoms. The number of nitrogens with zero attached hydrogens (tertiary/aromatic N) is 3. The van der Waals surface area contributed by atoms with Crippen molar-refractivity contribution in [1.82, 2.24) is 9.88 Å². The zero-order chi connectivity index (χ0) is 24.2. The maximum Gasteiger partial charge on any atom is 0.264 e. The number of ether oxygens (including phenoxy) is 1. The summed E-state index contributed by atoms with van der Waals surface area (Å²) in [6.45, 7) is 11.8. The third-order valence-electron chi connectivity index (χ3n) is 6.10. The molecule has 178 valence electrons. The maximum absolute atomic E-state index is 14.3. The number of fused-ring (bicyclic) bond motifs is 2. The fourth-order valence-corrected chi connectivity index (χ4v) is 5.50. The number of anilines is 1. The molecule has 4 rings (SSSR count). The quantitative estimate of drug-likeness (QED) is 0.256. The van der Waals surface area contributed by atoms with Crippen molar-refractivity contribution in [3.05, 3.63) is 64.7 Å². The highest BCUT2D eigenvalue weighted by Crippen LogP contribution is 2.37. The number of hydrogen-bond acceptors (Lipinski definition) is 5. The van der Waals surface area contributed by atoms with E-state index < -0.39 is 0 Å². The van der Waals surface area contributed by atoms with E-state index in [0.717, 1.165) is 46.2 Å². The number of likely N-dealkylation sites (N-methyl/N-ethyl adjacent to an activating group) is 1. The van der Waals surface area contributed by atoms with Gasteiger partial charge < -0.3 is 9.64 Å². The second-order valence-corrected chi connectivity index (χ2v) is 9.50. The van der Waals surface area contributed by atoms with Gasteiger partial charge in [0.05, 0.1) is 27.4 Å². The molecule has 1 aromatic heterocycles. The zero-order valence-electron chi connectivity index (χ0n) is 20.1. The Kier molecular flexibility index (Phi) is 7.71. The fraction of sp³-hybridized carbons (Fsp3) is 0.333. The van der Waals surface area contributed by atoms with E-state index in [1.54, 1.807) is 4.90 Å². The predicted octanol–water partition coefficient (Wildman–Crippen LogP) is 6.80. The molecule has 5 nitrogen and oxygen atoms in total. The molecule has 7 heteroatoms. The summed E-state index contributed by atoms with van der Waals surface area (Å²) in [5.74, 6) is 0.481. The van der Waals surface area contributed by atoms with Gasteiger partial charge in [0, 0.05) is 13.1 Å². The minimum absolute atomic E-state index is 0.111. The molecule has 0 atom stereocenters. The molecule has 0 saturated heterocycles. The summed E-state index contributed by atoms with van der Waals surface area (Å²) >= 11 is 7.96. The number of aryl methyl sites for hydroxylation is 1. The Balaban J connectivity index is 1.86. The molecule has 0 unspecified atom stereocenters. The summed E-state index contributed by atoms with van der Waals surface area (Å²) in [7, 11) is 0. The van der Waals surface area contributed by atoms with Crippen LogP contribution in [0.15, 0.2) is 48.5 Å². The van der Waals surface area contributed by atoms with Gasteiger partial charge >= 0.3 is 0 Å². The fourth-order valence-electron chi connectivity index (χ4n) is 4.15. The molecule has 0 fully saturated rings. The Hall–Kier alpha value is -2.67. The van der Waals surface area contributed by atoms with Gasteiger partial charge in [-0.3, -0.25) is 9.69 Å². The van der Waals surface area contributed by atoms with Crippen LogP contribution in [0.25, 0.3) is 21.0 Å². The molecular weight excluding hydrogens is 466 g/mol. The SMILES string of the molecule is CCOc1ccc2ccccc2c1C(=O)N(CCN(CC)CC)c1nc2c(C)ccc(Cl)c2s1. The maximum atomic E-state index is 14.3. The van der Waals surface area contributed by atoms with Gasteiger partial charge in [-0.25, -0.2) is 4.98 Å². The van der Waals surface area contributed by atoms with E-state index in [1.807, 2.05) is 62.4 Å². The number of halogens is 1. The van der Waals surface area contributed by atoms with Crippen LogP contribution in [0.4, 0.5) is 5.13 Å². The summed E-state index contributed by atoms with van der Waals surface area (Å²) < 4.78 is 6.82. The van der Waals surface area contributed by atoms with Gasteiger partial charge in [-0.05, 0) is 55.4 Å². The van der Waals surface area contributed by atoms with Crippen LogP contribution in [0.3, 0.4) is 0 Å². The first-order valence-electron chi connectivity index (χ1n) is 11.7. The average molecular weight is 496 g/mol. The first kappa shape index (κ1) is 24.5. The van der Waals surface area contributed by atoms with E-state index in [-0.39, 0.29) is 5.91 Å². The molecule has 0 aliphatic rings. The zero-order valence-corrected chi connectivity index (χ0v) is 21.7. The molecule has 3 aromatic carbocycles. The molecule has 1 amide bonds. The van der Waals surface area contributed by atoms with Crippen molar-refractivity contribution in [2.45, 2.75) is 27.7 Å². The molecule has 0 bridgehead atoms. The van der Waals surface area contributed by atoms with Gasteiger partial charge in [0.1, 0.15) is 5.75 Å². The molecule has 34 heavy (non-hydrogen) atoms. The standard InChI is InChI=1S/C27H30ClN3O2S/c1-5-30(6-2)16-17-31(27-29-24-18(4)12-14-21(28)25(24)34-27)26(32)23-20-11-9-8-10-19(20)13-15-22(23)33-7-3/h8-15H,5-7,16-17H2,1-4H3. The Morgan fingerprint density at radius 3 is 2.50 bits per heavy atom. The molecule has 0 saturated carbocycles. The Bertz CT molecular complexity index is 1280. The van der Waals surface area contributed by atoms with Crippen molar-refractivity contribution < 1.29 is 9.53 Å². The molecular formula is C27H30ClN3O2S. The predicted molar refractivity (Wildman–Crippen MR) is 144 cm³/mol. The van der Waals surface area contributed by atoms with Crippen LogP contribution in [0.5, 0.6) is 5.75 Å². The summed E-state index contributed by atoms with van der Waals surface area (Å²) in [6.07, 6.45) is 0. The topological polar surface area (TPSA) is 45.7 Å². The highest BCUT2D eigenvalue weighted by molar-refractivity contribution is 7.23. The Morgan fingerprint density at radius 1 is 1.03 bits per heavy atom. The lowest BCUT2D eigenvalue weighted by atomic mass is 10.0. The minimum Gasteiger partial charge on any atom is -0.493 e. The molecule has 0 N–H and O–H groups in total. The first-order valence-corrected chi connectivity index (χ1v) is 12.9. The second-order valence-electron chi connectivity index (χ2n) is 8.11. The lowest BCUT2D eigenvalue weighted by Crippen LogP contribution is -2.39. The summed E-state index contributed by atoms with van der Waals surface area (Å²) in [5, 5.41) is 3.18. The third kappa shape index (κ3) is 4.76. The van der Waals surface area contributed by atoms with Crippen molar-refractivity contribution >= 4 is 55.0 Å². The highest BCUT2D eigenvalue weighted by atomic mass is 35.5.